The lowest BCUT2D eigenvalue weighted by Crippen LogP contribution is -2.26. The van der Waals surface area contributed by atoms with Crippen LogP contribution in [0.3, 0.4) is 0 Å². The molecule has 0 bridgehead atoms. The van der Waals surface area contributed by atoms with Crippen LogP contribution in [0.5, 0.6) is 0 Å². The Kier molecular flexibility index (Phi) is 3.88. The maximum atomic E-state index is 12.7. The highest BCUT2D eigenvalue weighted by atomic mass is 16.6. The highest BCUT2D eigenvalue weighted by Gasteiger charge is 2.43. The zero-order valence-corrected chi connectivity index (χ0v) is 13.4. The number of nitro groups is 1. The van der Waals surface area contributed by atoms with Gasteiger partial charge in [-0.05, 0) is 24.6 Å². The predicted octanol–water partition coefficient (Wildman–Crippen LogP) is 2.70. The van der Waals surface area contributed by atoms with Gasteiger partial charge in [0, 0.05) is 19.2 Å². The average molecular weight is 342 g/mol. The van der Waals surface area contributed by atoms with Gasteiger partial charge in [-0.1, -0.05) is 12.1 Å². The van der Waals surface area contributed by atoms with Gasteiger partial charge in [-0.3, -0.25) is 19.7 Å². The molecule has 1 N–H and O–H groups in total. The van der Waals surface area contributed by atoms with E-state index >= 15 is 0 Å². The molecular weight excluding hydrogens is 328 g/mol. The van der Waals surface area contributed by atoms with Gasteiger partial charge < -0.3 is 14.4 Å². The van der Waals surface area contributed by atoms with Gasteiger partial charge in [-0.15, -0.1) is 0 Å². The number of aryl methyl sites for hydroxylation is 1. The minimum absolute atomic E-state index is 0.0161. The minimum Gasteiger partial charge on any atom is -0.503 e. The number of furan rings is 1. The standard InChI is InChI=1S/C17H14N2O6/c1-9-6-7-12(25-9)15(20)13-14(18(2)17(22)16(13)21)10-4-3-5-11(8-10)19(23)24/h3-8,14,21H,1-2H3. The van der Waals surface area contributed by atoms with E-state index in [0.717, 1.165) is 4.90 Å². The van der Waals surface area contributed by atoms with Crippen LogP contribution < -0.4 is 0 Å². The molecule has 1 atom stereocenters. The quantitative estimate of drug-likeness (QED) is 0.519. The second kappa shape index (κ2) is 5.90. The number of nitro benzene ring substituents is 1. The molecule has 2 aromatic rings. The Hall–Kier alpha value is -3.42. The highest BCUT2D eigenvalue weighted by Crippen LogP contribution is 2.38. The molecule has 1 aromatic carbocycles. The van der Waals surface area contributed by atoms with E-state index in [4.69, 9.17) is 4.42 Å². The molecule has 1 aromatic heterocycles. The van der Waals surface area contributed by atoms with Gasteiger partial charge in [0.05, 0.1) is 16.5 Å². The number of carbonyl (C=O) groups excluding carboxylic acids is 2. The molecule has 128 valence electrons. The molecule has 0 saturated carbocycles. The molecule has 1 amide bonds. The summed E-state index contributed by atoms with van der Waals surface area (Å²) in [4.78, 5) is 36.5. The highest BCUT2D eigenvalue weighted by molar-refractivity contribution is 6.14. The molecular formula is C17H14N2O6. The number of aliphatic hydroxyl groups is 1. The van der Waals surface area contributed by atoms with E-state index in [9.17, 15) is 24.8 Å². The first-order chi connectivity index (χ1) is 11.8. The monoisotopic (exact) mass is 342 g/mol. The van der Waals surface area contributed by atoms with Gasteiger partial charge in [0.15, 0.2) is 11.5 Å². The SMILES string of the molecule is Cc1ccc(C(=O)C2=C(O)C(=O)N(C)C2c2cccc([N+](=O)[O-])c2)o1. The van der Waals surface area contributed by atoms with Crippen molar-refractivity contribution in [2.75, 3.05) is 7.05 Å². The molecule has 8 heteroatoms. The van der Waals surface area contributed by atoms with Gasteiger partial charge in [-0.25, -0.2) is 0 Å². The molecule has 1 aliphatic rings. The van der Waals surface area contributed by atoms with Gasteiger partial charge in [0.2, 0.25) is 5.78 Å². The van der Waals surface area contributed by atoms with Crippen LogP contribution in [-0.2, 0) is 4.79 Å². The molecule has 3 rings (SSSR count). The third kappa shape index (κ3) is 2.67. The fraction of sp³-hybridized carbons (Fsp3) is 0.176. The number of nitrogens with zero attached hydrogens (tertiary/aromatic N) is 2. The van der Waals surface area contributed by atoms with Crippen LogP contribution in [-0.4, -0.2) is 33.7 Å². The van der Waals surface area contributed by atoms with E-state index in [1.807, 2.05) is 0 Å². The molecule has 0 radical (unpaired) electrons. The van der Waals surface area contributed by atoms with Crippen LogP contribution >= 0.6 is 0 Å². The van der Waals surface area contributed by atoms with E-state index in [1.165, 1.54) is 31.3 Å². The zero-order valence-electron chi connectivity index (χ0n) is 13.4. The summed E-state index contributed by atoms with van der Waals surface area (Å²) in [6.07, 6.45) is 0. The number of benzene rings is 1. The molecule has 0 fully saturated rings. The summed E-state index contributed by atoms with van der Waals surface area (Å²) >= 11 is 0. The summed E-state index contributed by atoms with van der Waals surface area (Å²) in [5.74, 6) is -1.56. The molecule has 1 unspecified atom stereocenters. The number of aliphatic hydroxyl groups excluding tert-OH is 1. The van der Waals surface area contributed by atoms with E-state index in [1.54, 1.807) is 19.1 Å². The normalized spacial score (nSPS) is 17.3. The largest absolute Gasteiger partial charge is 0.503 e. The Balaban J connectivity index is 2.11. The number of rotatable bonds is 4. The van der Waals surface area contributed by atoms with Crippen LogP contribution in [0, 0.1) is 17.0 Å². The maximum absolute atomic E-state index is 12.7. The molecule has 0 spiro atoms. The number of likely N-dealkylation sites (N-methyl/N-ethyl adjacent to an activating group) is 1. The fourth-order valence-electron chi connectivity index (χ4n) is 2.84. The number of ketones is 1. The van der Waals surface area contributed by atoms with E-state index in [0.29, 0.717) is 11.3 Å². The Labute approximate surface area is 142 Å². The third-order valence-electron chi connectivity index (χ3n) is 4.04. The summed E-state index contributed by atoms with van der Waals surface area (Å²) in [6.45, 7) is 1.66. The summed E-state index contributed by atoms with van der Waals surface area (Å²) in [7, 11) is 1.41. The molecule has 1 aliphatic heterocycles. The summed E-state index contributed by atoms with van der Waals surface area (Å²) in [5.41, 5.74) is 0.00783. The second-order valence-electron chi connectivity index (χ2n) is 5.67. The van der Waals surface area contributed by atoms with Crippen molar-refractivity contribution < 1.29 is 24.0 Å². The van der Waals surface area contributed by atoms with E-state index in [-0.39, 0.29) is 17.0 Å². The minimum atomic E-state index is -0.940. The van der Waals surface area contributed by atoms with Crippen molar-refractivity contribution in [2.45, 2.75) is 13.0 Å². The molecule has 2 heterocycles. The average Bonchev–Trinajstić information content (AvgIpc) is 3.11. The number of Topliss-reactive ketones (excluding diaryl/α,β-unsaturated/α-hetero) is 1. The predicted molar refractivity (Wildman–Crippen MR) is 86.0 cm³/mol. The third-order valence-corrected chi connectivity index (χ3v) is 4.04. The summed E-state index contributed by atoms with van der Waals surface area (Å²) in [5, 5.41) is 21.2. The van der Waals surface area contributed by atoms with Crippen LogP contribution in [0.25, 0.3) is 0 Å². The lowest BCUT2D eigenvalue weighted by molar-refractivity contribution is -0.384. The van der Waals surface area contributed by atoms with Crippen LogP contribution in [0.1, 0.15) is 27.9 Å². The van der Waals surface area contributed by atoms with Crippen LogP contribution in [0.15, 0.2) is 52.1 Å². The topological polar surface area (TPSA) is 114 Å². The number of carbonyl (C=O) groups is 2. The Morgan fingerprint density at radius 3 is 2.64 bits per heavy atom. The first-order valence-electron chi connectivity index (χ1n) is 7.37. The number of hydrogen-bond acceptors (Lipinski definition) is 6. The molecule has 0 aliphatic carbocycles. The van der Waals surface area contributed by atoms with Crippen molar-refractivity contribution in [3.8, 4) is 0 Å². The van der Waals surface area contributed by atoms with Crippen molar-refractivity contribution in [2.24, 2.45) is 0 Å². The van der Waals surface area contributed by atoms with Gasteiger partial charge in [0.25, 0.3) is 11.6 Å². The Bertz CT molecular complexity index is 927. The lowest BCUT2D eigenvalue weighted by atomic mass is 9.95. The smallest absolute Gasteiger partial charge is 0.289 e. The second-order valence-corrected chi connectivity index (χ2v) is 5.67. The van der Waals surface area contributed by atoms with Crippen molar-refractivity contribution in [1.82, 2.24) is 4.90 Å². The van der Waals surface area contributed by atoms with Gasteiger partial charge in [-0.2, -0.15) is 0 Å². The van der Waals surface area contributed by atoms with Crippen molar-refractivity contribution in [3.05, 3.63) is 74.9 Å². The summed E-state index contributed by atoms with van der Waals surface area (Å²) in [6, 6.07) is 7.69. The van der Waals surface area contributed by atoms with E-state index in [2.05, 4.69) is 0 Å². The lowest BCUT2D eigenvalue weighted by Gasteiger charge is -2.22. The fourth-order valence-corrected chi connectivity index (χ4v) is 2.84. The van der Waals surface area contributed by atoms with Crippen molar-refractivity contribution >= 4 is 17.4 Å². The van der Waals surface area contributed by atoms with Crippen molar-refractivity contribution in [3.63, 3.8) is 0 Å². The first-order valence-corrected chi connectivity index (χ1v) is 7.37. The first kappa shape index (κ1) is 16.4. The number of amides is 1. The van der Waals surface area contributed by atoms with Crippen molar-refractivity contribution in [1.29, 1.82) is 0 Å². The molecule has 8 nitrogen and oxygen atoms in total. The van der Waals surface area contributed by atoms with Crippen LogP contribution in [0.2, 0.25) is 0 Å². The summed E-state index contributed by atoms with van der Waals surface area (Å²) < 4.78 is 5.29. The Morgan fingerprint density at radius 2 is 2.04 bits per heavy atom. The molecule has 25 heavy (non-hydrogen) atoms. The van der Waals surface area contributed by atoms with E-state index < -0.39 is 28.4 Å². The maximum Gasteiger partial charge on any atom is 0.289 e. The zero-order chi connectivity index (χ0) is 18.3. The molecule has 0 saturated heterocycles. The van der Waals surface area contributed by atoms with Gasteiger partial charge in [0.1, 0.15) is 5.76 Å². The Morgan fingerprint density at radius 1 is 1.32 bits per heavy atom. The van der Waals surface area contributed by atoms with Crippen LogP contribution in [0.4, 0.5) is 5.69 Å². The van der Waals surface area contributed by atoms with Gasteiger partial charge >= 0.3 is 0 Å². The number of non-ortho nitro benzene ring substituents is 1. The number of hydrogen-bond donors (Lipinski definition) is 1.